The van der Waals surface area contributed by atoms with Crippen LogP contribution in [0.3, 0.4) is 0 Å². The van der Waals surface area contributed by atoms with Crippen LogP contribution in [0.25, 0.3) is 0 Å². The number of carbonyl (C=O) groups is 2. The van der Waals surface area contributed by atoms with Gasteiger partial charge in [0.2, 0.25) is 0 Å². The number of nitrogens with zero attached hydrogens (tertiary/aromatic N) is 4. The van der Waals surface area contributed by atoms with Gasteiger partial charge in [0.15, 0.2) is 8.32 Å². The number of esters is 1. The highest BCUT2D eigenvalue weighted by Crippen LogP contribution is 2.47. The molecule has 0 spiro atoms. The van der Waals surface area contributed by atoms with Crippen LogP contribution >= 0.6 is 0 Å². The largest absolute Gasteiger partial charge is 0.457 e. The number of fused-ring (bicyclic) bond motifs is 1. The monoisotopic (exact) mass is 809 g/mol. The molecule has 2 aliphatic heterocycles. The molecular formula is C45H50F3N5O4Si. The van der Waals surface area contributed by atoms with Gasteiger partial charge in [-0.15, -0.1) is 0 Å². The van der Waals surface area contributed by atoms with Crippen molar-refractivity contribution in [1.29, 1.82) is 0 Å². The first-order valence-corrected chi connectivity index (χ1v) is 22.7. The lowest BCUT2D eigenvalue weighted by Gasteiger charge is -2.42. The van der Waals surface area contributed by atoms with Crippen LogP contribution in [0.4, 0.5) is 24.8 Å². The molecule has 58 heavy (non-hydrogen) atoms. The fourth-order valence-corrected chi connectivity index (χ4v) is 8.98. The molecule has 0 aliphatic carbocycles. The summed E-state index contributed by atoms with van der Waals surface area (Å²) in [5, 5.41) is 8.52. The fraction of sp³-hybridized carbons (Fsp3) is 0.378. The summed E-state index contributed by atoms with van der Waals surface area (Å²) in [4.78, 5) is 33.4. The van der Waals surface area contributed by atoms with Gasteiger partial charge in [-0.1, -0.05) is 119 Å². The van der Waals surface area contributed by atoms with E-state index in [0.717, 1.165) is 28.6 Å². The zero-order chi connectivity index (χ0) is 41.4. The van der Waals surface area contributed by atoms with E-state index in [-0.39, 0.29) is 41.2 Å². The highest BCUT2D eigenvalue weighted by Gasteiger charge is 2.47. The van der Waals surface area contributed by atoms with Crippen LogP contribution < -0.4 is 10.2 Å². The van der Waals surface area contributed by atoms with Gasteiger partial charge in [-0.3, -0.25) is 4.79 Å². The van der Waals surface area contributed by atoms with E-state index in [4.69, 9.17) is 14.3 Å². The number of anilines is 2. The van der Waals surface area contributed by atoms with E-state index in [2.05, 4.69) is 68.4 Å². The van der Waals surface area contributed by atoms with Gasteiger partial charge in [-0.25, -0.2) is 14.5 Å². The molecule has 1 N–H and O–H groups in total. The third kappa shape index (κ3) is 8.33. The molecule has 13 heteroatoms. The molecule has 0 bridgehead atoms. The minimum Gasteiger partial charge on any atom is -0.457 e. The molecule has 2 aliphatic rings. The van der Waals surface area contributed by atoms with Crippen molar-refractivity contribution in [3.05, 3.63) is 142 Å². The van der Waals surface area contributed by atoms with Gasteiger partial charge in [0, 0.05) is 36.7 Å². The number of benzene rings is 3. The van der Waals surface area contributed by atoms with Gasteiger partial charge < -0.3 is 19.4 Å². The lowest BCUT2D eigenvalue weighted by atomic mass is 9.84. The van der Waals surface area contributed by atoms with E-state index < -0.39 is 37.7 Å². The predicted octanol–water partition coefficient (Wildman–Crippen LogP) is 10.1. The Kier molecular flexibility index (Phi) is 11.4. The highest BCUT2D eigenvalue weighted by molar-refractivity contribution is 6.74. The molecule has 7 rings (SSSR count). The van der Waals surface area contributed by atoms with E-state index in [1.54, 1.807) is 30.3 Å². The number of alkyl halides is 3. The number of nitrogens with one attached hydrogen (secondary N) is 1. The Morgan fingerprint density at radius 2 is 1.48 bits per heavy atom. The lowest BCUT2D eigenvalue weighted by Crippen LogP contribution is -2.50. The molecular weight excluding hydrogens is 760 g/mol. The van der Waals surface area contributed by atoms with Crippen molar-refractivity contribution in [3.8, 4) is 0 Å². The Bertz CT molecular complexity index is 2200. The Balaban J connectivity index is 1.22. The van der Waals surface area contributed by atoms with E-state index in [1.807, 2.05) is 52.9 Å². The zero-order valence-corrected chi connectivity index (χ0v) is 34.7. The molecule has 5 aromatic rings. The van der Waals surface area contributed by atoms with Crippen LogP contribution in [0.5, 0.6) is 0 Å². The molecule has 4 heterocycles. The summed E-state index contributed by atoms with van der Waals surface area (Å²) in [5.74, 6) is -0.710. The molecule has 2 atom stereocenters. The number of hydrogen-bond donors (Lipinski definition) is 1. The van der Waals surface area contributed by atoms with Crippen molar-refractivity contribution in [3.63, 3.8) is 0 Å². The van der Waals surface area contributed by atoms with E-state index >= 15 is 0 Å². The van der Waals surface area contributed by atoms with E-state index in [9.17, 15) is 22.8 Å². The Morgan fingerprint density at radius 3 is 2.03 bits per heavy atom. The molecule has 1 amide bonds. The quantitative estimate of drug-likeness (QED) is 0.111. The van der Waals surface area contributed by atoms with Crippen molar-refractivity contribution in [2.45, 2.75) is 95.4 Å². The number of pyridine rings is 1. The summed E-state index contributed by atoms with van der Waals surface area (Å²) in [5.41, 5.74) is 2.77. The summed E-state index contributed by atoms with van der Waals surface area (Å²) in [6.07, 6.45) is -3.58. The summed E-state index contributed by atoms with van der Waals surface area (Å²) in [6.45, 7) is 13.5. The maximum Gasteiger partial charge on any atom is 0.418 e. The second kappa shape index (κ2) is 16.2. The van der Waals surface area contributed by atoms with Crippen LogP contribution in [0.1, 0.15) is 102 Å². The third-order valence-corrected chi connectivity index (χ3v) is 16.4. The van der Waals surface area contributed by atoms with Gasteiger partial charge in [-0.2, -0.15) is 18.3 Å². The molecule has 9 nitrogen and oxygen atoms in total. The number of piperidine rings is 1. The summed E-state index contributed by atoms with van der Waals surface area (Å²) in [7, 11) is -2.38. The molecule has 0 radical (unpaired) electrons. The second-order valence-corrected chi connectivity index (χ2v) is 21.6. The molecule has 0 saturated carbocycles. The molecule has 1 fully saturated rings. The van der Waals surface area contributed by atoms with Crippen molar-refractivity contribution in [2.75, 3.05) is 23.3 Å². The molecule has 304 valence electrons. The number of aromatic nitrogens is 3. The number of carbonyl (C=O) groups excluding carboxylic acids is 2. The molecule has 3 aromatic carbocycles. The average Bonchev–Trinajstić information content (AvgIpc) is 3.57. The lowest BCUT2D eigenvalue weighted by molar-refractivity contribution is -0.138. The maximum atomic E-state index is 14.1. The van der Waals surface area contributed by atoms with Crippen molar-refractivity contribution in [2.24, 2.45) is 0 Å². The van der Waals surface area contributed by atoms with Crippen LogP contribution in [0.2, 0.25) is 18.1 Å². The van der Waals surface area contributed by atoms with Gasteiger partial charge in [-0.05, 0) is 53.7 Å². The normalized spacial score (nSPS) is 17.9. The van der Waals surface area contributed by atoms with Gasteiger partial charge >= 0.3 is 12.1 Å². The smallest absolute Gasteiger partial charge is 0.418 e. The molecule has 1 unspecified atom stereocenters. The summed E-state index contributed by atoms with van der Waals surface area (Å²) >= 11 is 0. The third-order valence-electron chi connectivity index (χ3n) is 11.9. The highest BCUT2D eigenvalue weighted by atomic mass is 28.4. The van der Waals surface area contributed by atoms with Crippen molar-refractivity contribution >= 4 is 31.8 Å². The summed E-state index contributed by atoms with van der Waals surface area (Å²) < 4.78 is 56.5. The average molecular weight is 810 g/mol. The van der Waals surface area contributed by atoms with Crippen LogP contribution in [-0.2, 0) is 26.7 Å². The number of amides is 1. The van der Waals surface area contributed by atoms with Crippen LogP contribution in [-0.4, -0.2) is 54.2 Å². The maximum absolute atomic E-state index is 14.1. The zero-order valence-electron chi connectivity index (χ0n) is 33.7. The first-order valence-electron chi connectivity index (χ1n) is 19.8. The fourth-order valence-electron chi connectivity index (χ4n) is 7.68. The van der Waals surface area contributed by atoms with Crippen LogP contribution in [0.15, 0.2) is 103 Å². The van der Waals surface area contributed by atoms with Crippen molar-refractivity contribution in [1.82, 2.24) is 14.8 Å². The number of ether oxygens (including phenoxy) is 1. The number of hydrogen-bond acceptors (Lipinski definition) is 7. The minimum absolute atomic E-state index is 0.0471. The Morgan fingerprint density at radius 1 is 0.914 bits per heavy atom. The SMILES string of the molecule is C[C@H]1c2c(C3CCN(c4cc(C(=O)OCc5ccccc5)c(C(F)(F)F)cn4)CC3)nn(C(c3ccccc3)c3ccccc3)c2NC(=O)C1O[Si](C)(C)C(C)(C)C. The number of rotatable bonds is 10. The first-order chi connectivity index (χ1) is 27.5. The Hall–Kier alpha value is -5.27. The molecule has 2 aromatic heterocycles. The first kappa shape index (κ1) is 40.9. The van der Waals surface area contributed by atoms with E-state index in [1.165, 1.54) is 6.07 Å². The van der Waals surface area contributed by atoms with Gasteiger partial charge in [0.1, 0.15) is 30.4 Å². The number of halogens is 3. The summed E-state index contributed by atoms with van der Waals surface area (Å²) in [6, 6.07) is 29.8. The topological polar surface area (TPSA) is 98.6 Å². The van der Waals surface area contributed by atoms with Crippen LogP contribution in [0, 0.1) is 0 Å². The molecule has 1 saturated heterocycles. The Labute approximate surface area is 338 Å². The minimum atomic E-state index is -4.80. The standard InChI is InChI=1S/C45H50F3N5O4Si/c1-29-37-38(31-22-24-52(25-23-31)36-26-34(35(27-49-36)45(46,47)48)43(55)56-28-30-16-10-7-11-17-30)51-53(39(32-18-12-8-13-19-32)33-20-14-9-15-21-33)41(37)50-42(54)40(29)57-58(5,6)44(2,3)4/h7-21,26-27,29,31,39-40H,22-25,28H2,1-6H3,(H,50,54)/t29-,40?/m0/s1. The van der Waals surface area contributed by atoms with Gasteiger partial charge in [0.05, 0.1) is 16.8 Å². The van der Waals surface area contributed by atoms with Gasteiger partial charge in [0.25, 0.3) is 5.91 Å². The van der Waals surface area contributed by atoms with E-state index in [0.29, 0.717) is 37.3 Å². The van der Waals surface area contributed by atoms with Crippen molar-refractivity contribution < 1.29 is 31.9 Å². The predicted molar refractivity (Wildman–Crippen MR) is 220 cm³/mol. The second-order valence-electron chi connectivity index (χ2n) is 16.8.